The Morgan fingerprint density at radius 1 is 0.929 bits per heavy atom. The minimum Gasteiger partial charge on any atom is -0.0654 e. The van der Waals surface area contributed by atoms with E-state index in [9.17, 15) is 0 Å². The fourth-order valence-electron chi connectivity index (χ4n) is 3.12. The summed E-state index contributed by atoms with van der Waals surface area (Å²) in [6.45, 7) is 9.83. The van der Waals surface area contributed by atoms with Crippen LogP contribution in [0.25, 0.3) is 0 Å². The quantitative estimate of drug-likeness (QED) is 0.597. The lowest BCUT2D eigenvalue weighted by atomic mass is 9.91. The molecule has 0 unspecified atom stereocenters. The van der Waals surface area contributed by atoms with Crippen molar-refractivity contribution in [3.05, 3.63) is 0 Å². The molecule has 14 heavy (non-hydrogen) atoms. The van der Waals surface area contributed by atoms with Crippen LogP contribution >= 0.6 is 0 Å². The van der Waals surface area contributed by atoms with Crippen LogP contribution in [0.5, 0.6) is 0 Å². The summed E-state index contributed by atoms with van der Waals surface area (Å²) in [4.78, 5) is 0. The van der Waals surface area contributed by atoms with Gasteiger partial charge in [0.2, 0.25) is 0 Å². The lowest BCUT2D eigenvalue weighted by molar-refractivity contribution is 0.381. The molecule has 0 heterocycles. The summed E-state index contributed by atoms with van der Waals surface area (Å²) in [5.74, 6) is 1.12. The van der Waals surface area contributed by atoms with Gasteiger partial charge in [0.25, 0.3) is 0 Å². The molecule has 0 aromatic rings. The summed E-state index contributed by atoms with van der Waals surface area (Å²) < 4.78 is 0. The molecule has 1 aliphatic rings. The molecule has 0 radical (unpaired) electrons. The largest absolute Gasteiger partial charge is 0.0654 e. The number of rotatable bonds is 4. The molecular formula is C13H28Si. The highest BCUT2D eigenvalue weighted by Crippen LogP contribution is 2.33. The maximum Gasteiger partial charge on any atom is 0.0422 e. The summed E-state index contributed by atoms with van der Waals surface area (Å²) in [5, 5.41) is 0. The van der Waals surface area contributed by atoms with Gasteiger partial charge in [-0.2, -0.15) is 0 Å². The summed E-state index contributed by atoms with van der Waals surface area (Å²) in [5.41, 5.74) is 2.02. The second-order valence-electron chi connectivity index (χ2n) is 5.89. The van der Waals surface area contributed by atoms with Crippen molar-refractivity contribution in [2.75, 3.05) is 0 Å². The first-order valence-corrected chi connectivity index (χ1v) is 8.76. The van der Waals surface area contributed by atoms with Crippen LogP contribution in [0.2, 0.25) is 17.1 Å². The zero-order valence-electron chi connectivity index (χ0n) is 10.6. The molecule has 0 aromatic carbocycles. The Balaban J connectivity index is 2.37. The highest BCUT2D eigenvalue weighted by atomic mass is 28.3. The molecule has 0 bridgehead atoms. The van der Waals surface area contributed by atoms with E-state index in [-0.39, 0.29) is 0 Å². The Bertz CT molecular complexity index is 137. The third-order valence-electron chi connectivity index (χ3n) is 4.04. The van der Waals surface area contributed by atoms with Crippen molar-refractivity contribution >= 4 is 8.80 Å². The van der Waals surface area contributed by atoms with Crippen molar-refractivity contribution in [1.82, 2.24) is 0 Å². The minimum atomic E-state index is -0.454. The van der Waals surface area contributed by atoms with E-state index >= 15 is 0 Å². The standard InChI is InChI=1S/C13H28Si/c1-11(2)14(12(3)4)10-13-8-6-5-7-9-13/h11-14H,5-10H2,1-4H3. The first-order valence-electron chi connectivity index (χ1n) is 6.61. The Hall–Kier alpha value is 0.217. The van der Waals surface area contributed by atoms with E-state index in [0.717, 1.165) is 17.0 Å². The van der Waals surface area contributed by atoms with Gasteiger partial charge >= 0.3 is 0 Å². The molecule has 0 N–H and O–H groups in total. The Morgan fingerprint density at radius 2 is 1.43 bits per heavy atom. The highest BCUT2D eigenvalue weighted by molar-refractivity contribution is 6.61. The first-order chi connectivity index (χ1) is 6.61. The molecule has 1 heteroatoms. The van der Waals surface area contributed by atoms with Crippen molar-refractivity contribution in [3.63, 3.8) is 0 Å². The van der Waals surface area contributed by atoms with Gasteiger partial charge in [-0.1, -0.05) is 76.9 Å². The zero-order valence-corrected chi connectivity index (χ0v) is 11.7. The molecule has 1 saturated carbocycles. The Morgan fingerprint density at radius 3 is 1.86 bits per heavy atom. The average Bonchev–Trinajstić information content (AvgIpc) is 2.15. The summed E-state index contributed by atoms with van der Waals surface area (Å²) in [7, 11) is -0.454. The van der Waals surface area contributed by atoms with Crippen LogP contribution < -0.4 is 0 Å². The lowest BCUT2D eigenvalue weighted by Crippen LogP contribution is -2.25. The molecule has 0 saturated heterocycles. The molecular weight excluding hydrogens is 184 g/mol. The summed E-state index contributed by atoms with van der Waals surface area (Å²) in [6.07, 6.45) is 7.63. The fourth-order valence-corrected chi connectivity index (χ4v) is 6.99. The predicted molar refractivity (Wildman–Crippen MR) is 68.7 cm³/mol. The van der Waals surface area contributed by atoms with Crippen LogP contribution in [-0.2, 0) is 0 Å². The van der Waals surface area contributed by atoms with Gasteiger partial charge in [-0.25, -0.2) is 0 Å². The predicted octanol–water partition coefficient (Wildman–Crippen LogP) is 4.61. The molecule has 84 valence electrons. The van der Waals surface area contributed by atoms with E-state index in [0.29, 0.717) is 0 Å². The van der Waals surface area contributed by atoms with Gasteiger partial charge in [0.05, 0.1) is 0 Å². The highest BCUT2D eigenvalue weighted by Gasteiger charge is 2.24. The lowest BCUT2D eigenvalue weighted by Gasteiger charge is -2.30. The monoisotopic (exact) mass is 212 g/mol. The molecule has 1 aliphatic carbocycles. The third-order valence-corrected chi connectivity index (χ3v) is 8.68. The normalized spacial score (nSPS) is 19.9. The van der Waals surface area contributed by atoms with Gasteiger partial charge in [0.1, 0.15) is 0 Å². The van der Waals surface area contributed by atoms with E-state index < -0.39 is 8.80 Å². The Kier molecular flexibility index (Phi) is 5.22. The van der Waals surface area contributed by atoms with Crippen LogP contribution in [0, 0.1) is 5.92 Å². The Labute approximate surface area is 92.1 Å². The fraction of sp³-hybridized carbons (Fsp3) is 1.00. The molecule has 0 spiro atoms. The second kappa shape index (κ2) is 5.94. The topological polar surface area (TPSA) is 0 Å². The van der Waals surface area contributed by atoms with Crippen molar-refractivity contribution < 1.29 is 0 Å². The van der Waals surface area contributed by atoms with Crippen molar-refractivity contribution in [1.29, 1.82) is 0 Å². The maximum atomic E-state index is 2.46. The molecule has 1 fully saturated rings. The summed E-state index contributed by atoms with van der Waals surface area (Å²) in [6, 6.07) is 1.63. The van der Waals surface area contributed by atoms with Gasteiger partial charge in [-0.3, -0.25) is 0 Å². The van der Waals surface area contributed by atoms with Crippen LogP contribution in [0.1, 0.15) is 59.8 Å². The van der Waals surface area contributed by atoms with Crippen LogP contribution in [0.3, 0.4) is 0 Å². The van der Waals surface area contributed by atoms with Crippen LogP contribution in [0.4, 0.5) is 0 Å². The van der Waals surface area contributed by atoms with Gasteiger partial charge in [0, 0.05) is 8.80 Å². The van der Waals surface area contributed by atoms with Crippen molar-refractivity contribution in [2.24, 2.45) is 5.92 Å². The maximum absolute atomic E-state index is 2.46. The van der Waals surface area contributed by atoms with Gasteiger partial charge in [-0.15, -0.1) is 0 Å². The van der Waals surface area contributed by atoms with Gasteiger partial charge < -0.3 is 0 Å². The number of hydrogen-bond acceptors (Lipinski definition) is 0. The SMILES string of the molecule is CC(C)[SiH](CC1CCCCC1)C(C)C. The molecule has 0 amide bonds. The third kappa shape index (κ3) is 3.76. The van der Waals surface area contributed by atoms with E-state index in [2.05, 4.69) is 27.7 Å². The molecule has 0 aliphatic heterocycles. The van der Waals surface area contributed by atoms with Gasteiger partial charge in [-0.05, 0) is 5.92 Å². The molecule has 1 rings (SSSR count). The van der Waals surface area contributed by atoms with Crippen LogP contribution in [-0.4, -0.2) is 8.80 Å². The van der Waals surface area contributed by atoms with Crippen molar-refractivity contribution in [2.45, 2.75) is 76.9 Å². The molecule has 0 aromatic heterocycles. The first kappa shape index (κ1) is 12.3. The smallest absolute Gasteiger partial charge is 0.0422 e. The zero-order chi connectivity index (χ0) is 10.6. The second-order valence-corrected chi connectivity index (χ2v) is 10.4. The average molecular weight is 212 g/mol. The van der Waals surface area contributed by atoms with Crippen LogP contribution in [0.15, 0.2) is 0 Å². The summed E-state index contributed by atoms with van der Waals surface area (Å²) >= 11 is 0. The van der Waals surface area contributed by atoms with E-state index in [1.165, 1.54) is 19.3 Å². The molecule has 0 atom stereocenters. The van der Waals surface area contributed by atoms with E-state index in [1.54, 1.807) is 18.9 Å². The molecule has 0 nitrogen and oxygen atoms in total. The van der Waals surface area contributed by atoms with E-state index in [1.807, 2.05) is 0 Å². The minimum absolute atomic E-state index is 0.454. The van der Waals surface area contributed by atoms with Crippen molar-refractivity contribution in [3.8, 4) is 0 Å². The van der Waals surface area contributed by atoms with E-state index in [4.69, 9.17) is 0 Å². The van der Waals surface area contributed by atoms with Gasteiger partial charge in [0.15, 0.2) is 0 Å². The number of hydrogen-bond donors (Lipinski definition) is 0.